The molecule has 2 aromatic carbocycles. The Balaban J connectivity index is 1.56. The third kappa shape index (κ3) is 6.18. The standard InChI is InChI=1S/C31H43NO4Si/c1-5-37(6-2,7-3)36-29(23(4)21-32-30(33)27-18-11-12-19-28(27)31(32)34)25-16-13-17-26(20-25)35-22-24-14-9-8-10-15-24/h11-13,16-20,23-24,29H,5-10,14-15,21-22H2,1-4H3/t23-,29-/m0/s1. The molecule has 0 bridgehead atoms. The lowest BCUT2D eigenvalue weighted by Crippen LogP contribution is -2.42. The molecule has 1 aliphatic heterocycles. The molecule has 1 aliphatic carbocycles. The monoisotopic (exact) mass is 521 g/mol. The summed E-state index contributed by atoms with van der Waals surface area (Å²) in [5, 5.41) is 0. The van der Waals surface area contributed by atoms with Gasteiger partial charge in [0.05, 0.1) is 23.8 Å². The number of ether oxygens (including phenoxy) is 1. The Bertz CT molecular complexity index is 1030. The van der Waals surface area contributed by atoms with Crippen LogP contribution in [-0.2, 0) is 4.43 Å². The lowest BCUT2D eigenvalue weighted by atomic mass is 9.90. The van der Waals surface area contributed by atoms with Crippen molar-refractivity contribution >= 4 is 20.1 Å². The second-order valence-corrected chi connectivity index (χ2v) is 15.6. The van der Waals surface area contributed by atoms with Gasteiger partial charge < -0.3 is 9.16 Å². The summed E-state index contributed by atoms with van der Waals surface area (Å²) in [6.07, 6.45) is 6.23. The molecule has 0 unspecified atom stereocenters. The van der Waals surface area contributed by atoms with Gasteiger partial charge in [0, 0.05) is 12.5 Å². The molecule has 1 heterocycles. The normalized spacial score (nSPS) is 18.1. The van der Waals surface area contributed by atoms with Crippen LogP contribution in [-0.4, -0.2) is 38.2 Å². The van der Waals surface area contributed by atoms with Crippen LogP contribution >= 0.6 is 0 Å². The highest BCUT2D eigenvalue weighted by Crippen LogP contribution is 2.37. The minimum atomic E-state index is -1.97. The third-order valence-corrected chi connectivity index (χ3v) is 13.2. The predicted octanol–water partition coefficient (Wildman–Crippen LogP) is 7.64. The lowest BCUT2D eigenvalue weighted by Gasteiger charge is -2.37. The van der Waals surface area contributed by atoms with Gasteiger partial charge in [-0.25, -0.2) is 0 Å². The Morgan fingerprint density at radius 2 is 1.51 bits per heavy atom. The minimum absolute atomic E-state index is 0.0627. The van der Waals surface area contributed by atoms with E-state index in [0.29, 0.717) is 23.6 Å². The highest BCUT2D eigenvalue weighted by Gasteiger charge is 2.39. The Morgan fingerprint density at radius 1 is 0.892 bits per heavy atom. The van der Waals surface area contributed by atoms with E-state index >= 15 is 0 Å². The van der Waals surface area contributed by atoms with E-state index in [0.717, 1.165) is 36.1 Å². The molecular weight excluding hydrogens is 478 g/mol. The number of rotatable bonds is 12. The van der Waals surface area contributed by atoms with Gasteiger partial charge in [-0.2, -0.15) is 0 Å². The number of benzene rings is 2. The van der Waals surface area contributed by atoms with Crippen LogP contribution in [0.5, 0.6) is 5.75 Å². The Hall–Kier alpha value is -2.44. The van der Waals surface area contributed by atoms with Crippen molar-refractivity contribution in [3.8, 4) is 5.75 Å². The Morgan fingerprint density at radius 3 is 2.11 bits per heavy atom. The van der Waals surface area contributed by atoms with Gasteiger partial charge >= 0.3 is 0 Å². The number of carbonyl (C=O) groups is 2. The highest BCUT2D eigenvalue weighted by molar-refractivity contribution is 6.73. The Labute approximate surface area is 223 Å². The number of carbonyl (C=O) groups excluding carboxylic acids is 2. The molecule has 4 rings (SSSR count). The SMILES string of the molecule is CC[Si](CC)(CC)O[C@H](c1cccc(OCC2CCCCC2)c1)[C@@H](C)CN1C(=O)c2ccccc2C1=O. The van der Waals surface area contributed by atoms with Crippen molar-refractivity contribution in [3.05, 3.63) is 65.2 Å². The van der Waals surface area contributed by atoms with Gasteiger partial charge in [0.2, 0.25) is 0 Å². The van der Waals surface area contributed by atoms with E-state index in [1.54, 1.807) is 12.1 Å². The quantitative estimate of drug-likeness (QED) is 0.213. The zero-order valence-corrected chi connectivity index (χ0v) is 24.0. The number of amides is 2. The summed E-state index contributed by atoms with van der Waals surface area (Å²) in [6, 6.07) is 18.5. The first kappa shape index (κ1) is 27.6. The van der Waals surface area contributed by atoms with Crippen molar-refractivity contribution in [1.82, 2.24) is 4.90 Å². The molecule has 6 heteroatoms. The van der Waals surface area contributed by atoms with E-state index in [9.17, 15) is 9.59 Å². The van der Waals surface area contributed by atoms with Crippen molar-refractivity contribution in [2.24, 2.45) is 11.8 Å². The van der Waals surface area contributed by atoms with Gasteiger partial charge in [0.25, 0.3) is 11.8 Å². The average Bonchev–Trinajstić information content (AvgIpc) is 3.18. The first-order valence-corrected chi connectivity index (χ1v) is 16.8. The first-order valence-electron chi connectivity index (χ1n) is 14.3. The van der Waals surface area contributed by atoms with Gasteiger partial charge in [-0.3, -0.25) is 14.5 Å². The number of nitrogens with zero attached hydrogens (tertiary/aromatic N) is 1. The van der Waals surface area contributed by atoms with Crippen molar-refractivity contribution < 1.29 is 18.8 Å². The number of hydrogen-bond donors (Lipinski definition) is 0. The van der Waals surface area contributed by atoms with Crippen molar-refractivity contribution in [2.45, 2.75) is 84.0 Å². The molecule has 2 aromatic rings. The van der Waals surface area contributed by atoms with Crippen molar-refractivity contribution in [3.63, 3.8) is 0 Å². The molecule has 5 nitrogen and oxygen atoms in total. The van der Waals surface area contributed by atoms with E-state index in [1.807, 2.05) is 24.3 Å². The summed E-state index contributed by atoms with van der Waals surface area (Å²) >= 11 is 0. The maximum Gasteiger partial charge on any atom is 0.261 e. The molecule has 0 N–H and O–H groups in total. The smallest absolute Gasteiger partial charge is 0.261 e. The van der Waals surface area contributed by atoms with E-state index in [-0.39, 0.29) is 23.8 Å². The van der Waals surface area contributed by atoms with Crippen molar-refractivity contribution in [2.75, 3.05) is 13.2 Å². The fourth-order valence-electron chi connectivity index (χ4n) is 5.92. The second kappa shape index (κ2) is 12.4. The molecule has 2 amide bonds. The van der Waals surface area contributed by atoms with Crippen LogP contribution in [0, 0.1) is 11.8 Å². The Kier molecular flexibility index (Phi) is 9.25. The van der Waals surface area contributed by atoms with Gasteiger partial charge in [-0.15, -0.1) is 0 Å². The summed E-state index contributed by atoms with van der Waals surface area (Å²) in [5.41, 5.74) is 2.06. The zero-order chi connectivity index (χ0) is 26.4. The maximum absolute atomic E-state index is 13.1. The summed E-state index contributed by atoms with van der Waals surface area (Å²) in [4.78, 5) is 27.6. The fourth-order valence-corrected chi connectivity index (χ4v) is 8.83. The summed E-state index contributed by atoms with van der Waals surface area (Å²) in [5.74, 6) is 1.03. The summed E-state index contributed by atoms with van der Waals surface area (Å²) in [6.45, 7) is 9.88. The summed E-state index contributed by atoms with van der Waals surface area (Å²) in [7, 11) is -1.97. The van der Waals surface area contributed by atoms with E-state index in [1.165, 1.54) is 37.0 Å². The molecule has 2 aliphatic rings. The molecule has 0 saturated heterocycles. The van der Waals surface area contributed by atoms with Crippen LogP contribution in [0.2, 0.25) is 18.1 Å². The average molecular weight is 522 g/mol. The molecular formula is C31H43NO4Si. The van der Waals surface area contributed by atoms with E-state index in [4.69, 9.17) is 9.16 Å². The molecule has 37 heavy (non-hydrogen) atoms. The van der Waals surface area contributed by atoms with Crippen LogP contribution in [0.3, 0.4) is 0 Å². The van der Waals surface area contributed by atoms with Crippen LogP contribution < -0.4 is 4.74 Å². The fraction of sp³-hybridized carbons (Fsp3) is 0.548. The van der Waals surface area contributed by atoms with Crippen LogP contribution in [0.1, 0.15) is 92.2 Å². The molecule has 200 valence electrons. The number of fused-ring (bicyclic) bond motifs is 1. The van der Waals surface area contributed by atoms with E-state index in [2.05, 4.69) is 39.8 Å². The molecule has 0 radical (unpaired) electrons. The topological polar surface area (TPSA) is 55.8 Å². The van der Waals surface area contributed by atoms with E-state index < -0.39 is 8.32 Å². The van der Waals surface area contributed by atoms with Crippen LogP contribution in [0.25, 0.3) is 0 Å². The second-order valence-electron chi connectivity index (χ2n) is 10.9. The first-order chi connectivity index (χ1) is 17.9. The number of hydrogen-bond acceptors (Lipinski definition) is 4. The highest BCUT2D eigenvalue weighted by atomic mass is 28.4. The van der Waals surface area contributed by atoms with Crippen LogP contribution in [0.15, 0.2) is 48.5 Å². The largest absolute Gasteiger partial charge is 0.493 e. The molecule has 1 fully saturated rings. The zero-order valence-electron chi connectivity index (χ0n) is 23.0. The van der Waals surface area contributed by atoms with Gasteiger partial charge in [-0.1, -0.05) is 71.2 Å². The van der Waals surface area contributed by atoms with Gasteiger partial charge in [0.1, 0.15) is 5.75 Å². The molecule has 0 aromatic heterocycles. The molecule has 0 spiro atoms. The molecule has 2 atom stereocenters. The number of imide groups is 1. The summed E-state index contributed by atoms with van der Waals surface area (Å²) < 4.78 is 13.3. The van der Waals surface area contributed by atoms with Crippen LogP contribution in [0.4, 0.5) is 0 Å². The molecule has 1 saturated carbocycles. The van der Waals surface area contributed by atoms with Gasteiger partial charge in [-0.05, 0) is 66.7 Å². The van der Waals surface area contributed by atoms with Crippen molar-refractivity contribution in [1.29, 1.82) is 0 Å². The van der Waals surface area contributed by atoms with Gasteiger partial charge in [0.15, 0.2) is 8.32 Å². The third-order valence-electron chi connectivity index (χ3n) is 8.57. The maximum atomic E-state index is 13.1. The minimum Gasteiger partial charge on any atom is -0.493 e. The predicted molar refractivity (Wildman–Crippen MR) is 151 cm³/mol. The lowest BCUT2D eigenvalue weighted by molar-refractivity contribution is 0.0555.